The predicted molar refractivity (Wildman–Crippen MR) is 97.5 cm³/mol. The van der Waals surface area contributed by atoms with E-state index >= 15 is 0 Å². The summed E-state index contributed by atoms with van der Waals surface area (Å²) in [5.41, 5.74) is 2.55. The molecular formula is C17H21ClN2O2S. The SMILES string of the molecule is CC(C)(C)S(=O)(=O)Nc1ccc(CNc2cccc(Cl)c2)cc1. The highest BCUT2D eigenvalue weighted by Crippen LogP contribution is 2.20. The molecule has 0 bridgehead atoms. The van der Waals surface area contributed by atoms with Gasteiger partial charge in [0.2, 0.25) is 10.0 Å². The molecule has 0 atom stereocenters. The first-order chi connectivity index (χ1) is 10.7. The maximum atomic E-state index is 12.1. The zero-order valence-electron chi connectivity index (χ0n) is 13.4. The number of hydrogen-bond acceptors (Lipinski definition) is 3. The molecule has 0 aliphatic heterocycles. The van der Waals surface area contributed by atoms with Gasteiger partial charge in [0.25, 0.3) is 0 Å². The molecule has 2 aromatic rings. The molecule has 2 aromatic carbocycles. The number of benzene rings is 2. The number of sulfonamides is 1. The van der Waals surface area contributed by atoms with Gasteiger partial charge in [-0.3, -0.25) is 4.72 Å². The van der Waals surface area contributed by atoms with Crippen molar-refractivity contribution in [2.75, 3.05) is 10.0 Å². The van der Waals surface area contributed by atoms with Crippen molar-refractivity contribution in [2.24, 2.45) is 0 Å². The summed E-state index contributed by atoms with van der Waals surface area (Å²) in [7, 11) is -3.40. The molecule has 6 heteroatoms. The van der Waals surface area contributed by atoms with Crippen LogP contribution in [-0.2, 0) is 16.6 Å². The van der Waals surface area contributed by atoms with Crippen LogP contribution < -0.4 is 10.0 Å². The predicted octanol–water partition coefficient (Wildman–Crippen LogP) is 4.49. The lowest BCUT2D eigenvalue weighted by atomic mass is 10.2. The lowest BCUT2D eigenvalue weighted by Crippen LogP contribution is -2.33. The number of anilines is 2. The molecule has 0 heterocycles. The van der Waals surface area contributed by atoms with Crippen LogP contribution in [0.1, 0.15) is 26.3 Å². The molecule has 0 aliphatic carbocycles. The van der Waals surface area contributed by atoms with Gasteiger partial charge in [0.05, 0.1) is 4.75 Å². The molecule has 0 radical (unpaired) electrons. The molecule has 0 saturated heterocycles. The third-order valence-corrected chi connectivity index (χ3v) is 5.69. The number of hydrogen-bond donors (Lipinski definition) is 2. The normalized spacial score (nSPS) is 12.0. The van der Waals surface area contributed by atoms with Crippen LogP contribution in [0.5, 0.6) is 0 Å². The largest absolute Gasteiger partial charge is 0.381 e. The van der Waals surface area contributed by atoms with Crippen molar-refractivity contribution in [1.82, 2.24) is 0 Å². The Morgan fingerprint density at radius 1 is 1.00 bits per heavy atom. The Hall–Kier alpha value is -1.72. The molecule has 0 amide bonds. The average Bonchev–Trinajstić information content (AvgIpc) is 2.45. The molecule has 0 saturated carbocycles. The molecule has 23 heavy (non-hydrogen) atoms. The van der Waals surface area contributed by atoms with E-state index in [4.69, 9.17) is 11.6 Å². The van der Waals surface area contributed by atoms with Gasteiger partial charge in [-0.15, -0.1) is 0 Å². The third kappa shape index (κ3) is 4.88. The number of halogens is 1. The monoisotopic (exact) mass is 352 g/mol. The topological polar surface area (TPSA) is 58.2 Å². The molecule has 2 rings (SSSR count). The maximum absolute atomic E-state index is 12.1. The van der Waals surface area contributed by atoms with E-state index in [9.17, 15) is 8.42 Å². The van der Waals surface area contributed by atoms with E-state index in [0.29, 0.717) is 17.3 Å². The molecule has 2 N–H and O–H groups in total. The van der Waals surface area contributed by atoms with E-state index < -0.39 is 14.8 Å². The number of rotatable bonds is 5. The first-order valence-corrected chi connectivity index (χ1v) is 9.14. The minimum Gasteiger partial charge on any atom is -0.381 e. The van der Waals surface area contributed by atoms with Gasteiger partial charge >= 0.3 is 0 Å². The van der Waals surface area contributed by atoms with Crippen LogP contribution in [0.15, 0.2) is 48.5 Å². The zero-order valence-corrected chi connectivity index (χ0v) is 15.0. The van der Waals surface area contributed by atoms with Gasteiger partial charge in [-0.2, -0.15) is 0 Å². The fourth-order valence-electron chi connectivity index (χ4n) is 1.80. The average molecular weight is 353 g/mol. The molecule has 0 fully saturated rings. The van der Waals surface area contributed by atoms with Crippen molar-refractivity contribution in [1.29, 1.82) is 0 Å². The summed E-state index contributed by atoms with van der Waals surface area (Å²) < 4.78 is 26.0. The van der Waals surface area contributed by atoms with Gasteiger partial charge < -0.3 is 5.32 Å². The fraction of sp³-hybridized carbons (Fsp3) is 0.294. The lowest BCUT2D eigenvalue weighted by molar-refractivity contribution is 0.566. The molecule has 4 nitrogen and oxygen atoms in total. The van der Waals surface area contributed by atoms with E-state index in [1.54, 1.807) is 32.9 Å². The molecule has 0 aromatic heterocycles. The maximum Gasteiger partial charge on any atom is 0.237 e. The van der Waals surface area contributed by atoms with E-state index in [0.717, 1.165) is 11.3 Å². The Morgan fingerprint density at radius 3 is 2.22 bits per heavy atom. The Bertz CT molecular complexity index is 766. The molecule has 0 aliphatic rings. The Labute approximate surface area is 142 Å². The van der Waals surface area contributed by atoms with Crippen molar-refractivity contribution in [3.8, 4) is 0 Å². The molecule has 0 unspecified atom stereocenters. The van der Waals surface area contributed by atoms with Gasteiger partial charge in [0.1, 0.15) is 0 Å². The second-order valence-corrected chi connectivity index (χ2v) is 9.15. The van der Waals surface area contributed by atoms with Gasteiger partial charge in [0, 0.05) is 22.9 Å². The highest BCUT2D eigenvalue weighted by atomic mass is 35.5. The van der Waals surface area contributed by atoms with Gasteiger partial charge in [0.15, 0.2) is 0 Å². The summed E-state index contributed by atoms with van der Waals surface area (Å²) in [6.45, 7) is 5.63. The zero-order chi connectivity index (χ0) is 17.1. The van der Waals surface area contributed by atoms with E-state index in [1.165, 1.54) is 0 Å². The van der Waals surface area contributed by atoms with Gasteiger partial charge in [-0.25, -0.2) is 8.42 Å². The summed E-state index contributed by atoms with van der Waals surface area (Å²) in [6.07, 6.45) is 0. The van der Waals surface area contributed by atoms with Crippen LogP contribution >= 0.6 is 11.6 Å². The second kappa shape index (κ2) is 6.81. The van der Waals surface area contributed by atoms with E-state index in [2.05, 4.69) is 10.0 Å². The van der Waals surface area contributed by atoms with Crippen molar-refractivity contribution < 1.29 is 8.42 Å². The first-order valence-electron chi connectivity index (χ1n) is 7.28. The van der Waals surface area contributed by atoms with E-state index in [1.807, 2.05) is 36.4 Å². The molecular weight excluding hydrogens is 332 g/mol. The first kappa shape index (κ1) is 17.6. The Kier molecular flexibility index (Phi) is 5.22. The van der Waals surface area contributed by atoms with Crippen LogP contribution in [0.25, 0.3) is 0 Å². The van der Waals surface area contributed by atoms with Crippen LogP contribution in [0, 0.1) is 0 Å². The summed E-state index contributed by atoms with van der Waals surface area (Å²) >= 11 is 5.94. The standard InChI is InChI=1S/C17H21ClN2O2S/c1-17(2,3)23(21,22)20-15-9-7-13(8-10-15)12-19-16-6-4-5-14(18)11-16/h4-11,19-20H,12H2,1-3H3. The van der Waals surface area contributed by atoms with Crippen LogP contribution in [0.3, 0.4) is 0 Å². The van der Waals surface area contributed by atoms with Crippen LogP contribution in [-0.4, -0.2) is 13.2 Å². The summed E-state index contributed by atoms with van der Waals surface area (Å²) in [5, 5.41) is 3.95. The summed E-state index contributed by atoms with van der Waals surface area (Å²) in [4.78, 5) is 0. The summed E-state index contributed by atoms with van der Waals surface area (Å²) in [5.74, 6) is 0. The Balaban J connectivity index is 2.00. The quantitative estimate of drug-likeness (QED) is 0.833. The highest BCUT2D eigenvalue weighted by Gasteiger charge is 2.28. The van der Waals surface area contributed by atoms with Crippen LogP contribution in [0.2, 0.25) is 5.02 Å². The number of nitrogens with one attached hydrogen (secondary N) is 2. The molecule has 124 valence electrons. The van der Waals surface area contributed by atoms with Gasteiger partial charge in [-0.05, 0) is 56.7 Å². The smallest absolute Gasteiger partial charge is 0.237 e. The summed E-state index contributed by atoms with van der Waals surface area (Å²) in [6, 6.07) is 14.8. The van der Waals surface area contributed by atoms with E-state index in [-0.39, 0.29) is 0 Å². The highest BCUT2D eigenvalue weighted by molar-refractivity contribution is 7.94. The second-order valence-electron chi connectivity index (χ2n) is 6.28. The fourth-order valence-corrected chi connectivity index (χ4v) is 2.74. The van der Waals surface area contributed by atoms with Crippen molar-refractivity contribution >= 4 is 33.0 Å². The van der Waals surface area contributed by atoms with Crippen molar-refractivity contribution in [3.05, 3.63) is 59.1 Å². The third-order valence-electron chi connectivity index (χ3n) is 3.33. The van der Waals surface area contributed by atoms with Crippen LogP contribution in [0.4, 0.5) is 11.4 Å². The lowest BCUT2D eigenvalue weighted by Gasteiger charge is -2.20. The van der Waals surface area contributed by atoms with Gasteiger partial charge in [-0.1, -0.05) is 29.8 Å². The minimum absolute atomic E-state index is 0.562. The minimum atomic E-state index is -3.40. The van der Waals surface area contributed by atoms with Crippen molar-refractivity contribution in [3.63, 3.8) is 0 Å². The van der Waals surface area contributed by atoms with Crippen molar-refractivity contribution in [2.45, 2.75) is 32.1 Å². The Morgan fingerprint density at radius 2 is 1.65 bits per heavy atom. The molecule has 0 spiro atoms.